The largest absolute Gasteiger partial charge is 0.375 e. The van der Waals surface area contributed by atoms with Gasteiger partial charge in [0.15, 0.2) is 0 Å². The molecule has 20 heavy (non-hydrogen) atoms. The number of hydrogen-bond donors (Lipinski definition) is 1. The quantitative estimate of drug-likeness (QED) is 0.796. The van der Waals surface area contributed by atoms with E-state index in [0.29, 0.717) is 30.4 Å². The van der Waals surface area contributed by atoms with Crippen LogP contribution in [0.2, 0.25) is 0 Å². The maximum absolute atomic E-state index is 12.9. The summed E-state index contributed by atoms with van der Waals surface area (Å²) in [4.78, 5) is 14.9. The van der Waals surface area contributed by atoms with Gasteiger partial charge in [-0.2, -0.15) is 0 Å². The summed E-state index contributed by atoms with van der Waals surface area (Å²) < 4.78 is 5.64. The molecule has 1 heterocycles. The van der Waals surface area contributed by atoms with E-state index in [1.54, 1.807) is 0 Å². The summed E-state index contributed by atoms with van der Waals surface area (Å²) in [6.45, 7) is 5.60. The lowest BCUT2D eigenvalue weighted by atomic mass is 9.65. The molecular weight excluding hydrogens is 252 g/mol. The molecule has 1 amide bonds. The average molecular weight is 280 g/mol. The Kier molecular flexibility index (Phi) is 4.04. The Labute approximate surface area is 122 Å². The van der Waals surface area contributed by atoms with Crippen LogP contribution in [0.3, 0.4) is 0 Å². The number of ether oxygens (including phenoxy) is 1. The molecule has 2 N–H and O–H groups in total. The molecule has 4 atom stereocenters. The van der Waals surface area contributed by atoms with Crippen molar-refractivity contribution in [2.45, 2.75) is 64.1 Å². The minimum absolute atomic E-state index is 0.151. The SMILES string of the molecule is CC1OCCN(C(=O)C2CC3CCCC(C2)C3N)C1C. The molecule has 4 unspecified atom stereocenters. The van der Waals surface area contributed by atoms with Gasteiger partial charge in [0.25, 0.3) is 0 Å². The Morgan fingerprint density at radius 3 is 2.50 bits per heavy atom. The van der Waals surface area contributed by atoms with Crippen LogP contribution in [0.25, 0.3) is 0 Å². The molecule has 0 spiro atoms. The number of fused-ring (bicyclic) bond motifs is 2. The van der Waals surface area contributed by atoms with E-state index in [2.05, 4.69) is 18.7 Å². The summed E-state index contributed by atoms with van der Waals surface area (Å²) in [6, 6.07) is 0.542. The van der Waals surface area contributed by atoms with Crippen molar-refractivity contribution in [1.82, 2.24) is 4.90 Å². The van der Waals surface area contributed by atoms with E-state index in [9.17, 15) is 4.79 Å². The third-order valence-corrected chi connectivity index (χ3v) is 5.93. The molecule has 4 heteroatoms. The fraction of sp³-hybridized carbons (Fsp3) is 0.938. The summed E-state index contributed by atoms with van der Waals surface area (Å²) >= 11 is 0. The topological polar surface area (TPSA) is 55.6 Å². The van der Waals surface area contributed by atoms with E-state index >= 15 is 0 Å². The number of hydrogen-bond acceptors (Lipinski definition) is 3. The molecular formula is C16H28N2O2. The van der Waals surface area contributed by atoms with Crippen molar-refractivity contribution in [1.29, 1.82) is 0 Å². The highest BCUT2D eigenvalue weighted by atomic mass is 16.5. The third kappa shape index (κ3) is 2.48. The zero-order valence-corrected chi connectivity index (χ0v) is 12.8. The molecule has 0 aromatic carbocycles. The van der Waals surface area contributed by atoms with E-state index in [4.69, 9.17) is 10.5 Å². The zero-order chi connectivity index (χ0) is 14.3. The highest BCUT2D eigenvalue weighted by molar-refractivity contribution is 5.79. The molecule has 0 radical (unpaired) electrons. The minimum atomic E-state index is 0.151. The first kappa shape index (κ1) is 14.3. The summed E-state index contributed by atoms with van der Waals surface area (Å²) in [5.41, 5.74) is 6.33. The van der Waals surface area contributed by atoms with Crippen LogP contribution < -0.4 is 5.73 Å². The lowest BCUT2D eigenvalue weighted by molar-refractivity contribution is -0.151. The van der Waals surface area contributed by atoms with Crippen LogP contribution in [-0.2, 0) is 9.53 Å². The maximum Gasteiger partial charge on any atom is 0.226 e. The van der Waals surface area contributed by atoms with Crippen molar-refractivity contribution in [3.8, 4) is 0 Å². The maximum atomic E-state index is 12.9. The van der Waals surface area contributed by atoms with Crippen LogP contribution >= 0.6 is 0 Å². The van der Waals surface area contributed by atoms with E-state index in [0.717, 1.165) is 19.4 Å². The molecule has 1 saturated heterocycles. The van der Waals surface area contributed by atoms with Crippen molar-refractivity contribution in [2.24, 2.45) is 23.5 Å². The predicted octanol–water partition coefficient (Wildman–Crippen LogP) is 1.78. The van der Waals surface area contributed by atoms with E-state index in [-0.39, 0.29) is 18.1 Å². The first-order chi connectivity index (χ1) is 9.58. The number of morpholine rings is 1. The van der Waals surface area contributed by atoms with Crippen molar-refractivity contribution in [3.05, 3.63) is 0 Å². The van der Waals surface area contributed by atoms with Gasteiger partial charge >= 0.3 is 0 Å². The minimum Gasteiger partial charge on any atom is -0.375 e. The average Bonchev–Trinajstić information content (AvgIpc) is 2.41. The van der Waals surface area contributed by atoms with Gasteiger partial charge in [-0.15, -0.1) is 0 Å². The van der Waals surface area contributed by atoms with Gasteiger partial charge in [-0.1, -0.05) is 6.42 Å². The van der Waals surface area contributed by atoms with Gasteiger partial charge in [0.1, 0.15) is 0 Å². The van der Waals surface area contributed by atoms with Gasteiger partial charge < -0.3 is 15.4 Å². The van der Waals surface area contributed by atoms with Crippen molar-refractivity contribution < 1.29 is 9.53 Å². The van der Waals surface area contributed by atoms with Crippen LogP contribution in [0.1, 0.15) is 46.0 Å². The van der Waals surface area contributed by atoms with Gasteiger partial charge in [0.2, 0.25) is 5.91 Å². The lowest BCUT2D eigenvalue weighted by Gasteiger charge is -2.46. The lowest BCUT2D eigenvalue weighted by Crippen LogP contribution is -2.55. The second kappa shape index (κ2) is 5.64. The molecule has 2 saturated carbocycles. The van der Waals surface area contributed by atoms with Crippen molar-refractivity contribution >= 4 is 5.91 Å². The molecule has 3 rings (SSSR count). The molecule has 2 aliphatic carbocycles. The summed E-state index contributed by atoms with van der Waals surface area (Å²) in [6.07, 6.45) is 5.91. The van der Waals surface area contributed by atoms with Gasteiger partial charge in [0, 0.05) is 18.5 Å². The third-order valence-electron chi connectivity index (χ3n) is 5.93. The normalized spacial score (nSPS) is 45.2. The first-order valence-corrected chi connectivity index (χ1v) is 8.25. The Morgan fingerprint density at radius 1 is 1.20 bits per heavy atom. The van der Waals surface area contributed by atoms with Gasteiger partial charge in [-0.3, -0.25) is 4.79 Å². The fourth-order valence-electron chi connectivity index (χ4n) is 4.47. The van der Waals surface area contributed by atoms with E-state index in [1.807, 2.05) is 0 Å². The molecule has 0 aromatic rings. The Hall–Kier alpha value is -0.610. The van der Waals surface area contributed by atoms with Crippen LogP contribution in [0, 0.1) is 17.8 Å². The van der Waals surface area contributed by atoms with Crippen LogP contribution in [0.15, 0.2) is 0 Å². The second-order valence-corrected chi connectivity index (χ2v) is 7.04. The molecule has 1 aliphatic heterocycles. The number of amides is 1. The number of carbonyl (C=O) groups is 1. The molecule has 3 aliphatic rings. The summed E-state index contributed by atoms with van der Waals surface area (Å²) in [7, 11) is 0. The Bertz CT molecular complexity index is 359. The molecule has 3 fully saturated rings. The van der Waals surface area contributed by atoms with Gasteiger partial charge in [-0.05, 0) is 51.4 Å². The van der Waals surface area contributed by atoms with Crippen molar-refractivity contribution in [2.75, 3.05) is 13.2 Å². The first-order valence-electron chi connectivity index (χ1n) is 8.25. The monoisotopic (exact) mass is 280 g/mol. The van der Waals surface area contributed by atoms with Crippen LogP contribution in [0.4, 0.5) is 0 Å². The molecule has 0 aromatic heterocycles. The number of nitrogens with two attached hydrogens (primary N) is 1. The highest BCUT2D eigenvalue weighted by Crippen LogP contribution is 2.42. The van der Waals surface area contributed by atoms with Crippen LogP contribution in [-0.4, -0.2) is 42.1 Å². The number of rotatable bonds is 1. The van der Waals surface area contributed by atoms with E-state index in [1.165, 1.54) is 19.3 Å². The van der Waals surface area contributed by atoms with Crippen LogP contribution in [0.5, 0.6) is 0 Å². The molecule has 114 valence electrons. The fourth-order valence-corrected chi connectivity index (χ4v) is 4.47. The predicted molar refractivity (Wildman–Crippen MR) is 78.1 cm³/mol. The summed E-state index contributed by atoms with van der Waals surface area (Å²) in [5, 5.41) is 0. The Morgan fingerprint density at radius 2 is 1.85 bits per heavy atom. The second-order valence-electron chi connectivity index (χ2n) is 7.04. The smallest absolute Gasteiger partial charge is 0.226 e. The Balaban J connectivity index is 1.68. The highest BCUT2D eigenvalue weighted by Gasteiger charge is 2.43. The number of carbonyl (C=O) groups excluding carboxylic acids is 1. The number of nitrogens with zero attached hydrogens (tertiary/aromatic N) is 1. The zero-order valence-electron chi connectivity index (χ0n) is 12.8. The van der Waals surface area contributed by atoms with E-state index < -0.39 is 0 Å². The standard InChI is InChI=1S/C16H28N2O2/c1-10-11(2)20-7-6-18(10)16(19)14-8-12-4-3-5-13(9-14)15(12)17/h10-15H,3-9,17H2,1-2H3. The molecule has 2 bridgehead atoms. The van der Waals surface area contributed by atoms with Gasteiger partial charge in [0.05, 0.1) is 18.8 Å². The van der Waals surface area contributed by atoms with Crippen molar-refractivity contribution in [3.63, 3.8) is 0 Å². The molecule has 4 nitrogen and oxygen atoms in total. The van der Waals surface area contributed by atoms with Gasteiger partial charge in [-0.25, -0.2) is 0 Å². The summed E-state index contributed by atoms with van der Waals surface area (Å²) in [5.74, 6) is 1.71.